The molecule has 0 saturated carbocycles. The van der Waals surface area contributed by atoms with E-state index in [9.17, 15) is 18.0 Å². The van der Waals surface area contributed by atoms with E-state index in [-0.39, 0.29) is 25.0 Å². The largest absolute Gasteiger partial charge is 0.416 e. The molecular weight excluding hydrogens is 285 g/mol. The molecule has 1 aromatic carbocycles. The SMILES string of the molecule is O=C(CC1CNCCO1)NCc1cccc(C(F)(F)F)c1. The summed E-state index contributed by atoms with van der Waals surface area (Å²) in [5, 5.41) is 5.72. The van der Waals surface area contributed by atoms with Crippen LogP contribution in [0.5, 0.6) is 0 Å². The number of hydrogen-bond acceptors (Lipinski definition) is 3. The van der Waals surface area contributed by atoms with Crippen molar-refractivity contribution in [2.75, 3.05) is 19.7 Å². The molecule has 1 saturated heterocycles. The summed E-state index contributed by atoms with van der Waals surface area (Å²) in [5.74, 6) is -0.235. The Bertz CT molecular complexity index is 485. The molecule has 0 bridgehead atoms. The predicted octanol–water partition coefficient (Wildman–Crippen LogP) is 1.70. The molecule has 1 aliphatic rings. The molecular formula is C14H17F3N2O2. The molecule has 4 nitrogen and oxygen atoms in total. The molecule has 1 fully saturated rings. The van der Waals surface area contributed by atoms with Crippen molar-refractivity contribution in [1.82, 2.24) is 10.6 Å². The number of halogens is 3. The summed E-state index contributed by atoms with van der Waals surface area (Å²) >= 11 is 0. The highest BCUT2D eigenvalue weighted by molar-refractivity contribution is 5.76. The molecule has 1 atom stereocenters. The number of carbonyl (C=O) groups excluding carboxylic acids is 1. The molecule has 1 aromatic rings. The summed E-state index contributed by atoms with van der Waals surface area (Å²) in [5.41, 5.74) is -0.296. The number of morpholine rings is 1. The van der Waals surface area contributed by atoms with Gasteiger partial charge in [-0.3, -0.25) is 4.79 Å². The van der Waals surface area contributed by atoms with Gasteiger partial charge in [0.2, 0.25) is 5.91 Å². The first kappa shape index (κ1) is 15.8. The zero-order valence-electron chi connectivity index (χ0n) is 11.4. The summed E-state index contributed by atoms with van der Waals surface area (Å²) in [6, 6.07) is 4.93. The van der Waals surface area contributed by atoms with Gasteiger partial charge in [0.25, 0.3) is 0 Å². The standard InChI is InChI=1S/C14H17F3N2O2/c15-14(16,17)11-3-1-2-10(6-11)8-19-13(20)7-12-9-18-4-5-21-12/h1-3,6,12,18H,4-5,7-9H2,(H,19,20). The van der Waals surface area contributed by atoms with Crippen LogP contribution in [0.4, 0.5) is 13.2 Å². The summed E-state index contributed by atoms with van der Waals surface area (Å²) in [6.45, 7) is 2.01. The van der Waals surface area contributed by atoms with Gasteiger partial charge in [-0.1, -0.05) is 12.1 Å². The predicted molar refractivity (Wildman–Crippen MR) is 70.5 cm³/mol. The number of nitrogens with one attached hydrogen (secondary N) is 2. The van der Waals surface area contributed by atoms with Crippen molar-refractivity contribution in [3.63, 3.8) is 0 Å². The molecule has 2 N–H and O–H groups in total. The van der Waals surface area contributed by atoms with Crippen LogP contribution in [-0.2, 0) is 22.3 Å². The van der Waals surface area contributed by atoms with E-state index in [1.807, 2.05) is 0 Å². The maximum absolute atomic E-state index is 12.6. The van der Waals surface area contributed by atoms with Gasteiger partial charge < -0.3 is 15.4 Å². The minimum atomic E-state index is -4.37. The van der Waals surface area contributed by atoms with Crippen molar-refractivity contribution in [2.24, 2.45) is 0 Å². The number of rotatable bonds is 4. The Morgan fingerprint density at radius 2 is 2.24 bits per heavy atom. The van der Waals surface area contributed by atoms with Crippen LogP contribution in [0, 0.1) is 0 Å². The maximum atomic E-state index is 12.6. The first-order valence-corrected chi connectivity index (χ1v) is 6.70. The third-order valence-electron chi connectivity index (χ3n) is 3.16. The van der Waals surface area contributed by atoms with Crippen LogP contribution in [0.25, 0.3) is 0 Å². The number of hydrogen-bond donors (Lipinski definition) is 2. The molecule has 1 heterocycles. The van der Waals surface area contributed by atoms with Gasteiger partial charge in [0, 0.05) is 19.6 Å². The second-order valence-corrected chi connectivity index (χ2v) is 4.88. The molecule has 2 rings (SSSR count). The van der Waals surface area contributed by atoms with E-state index in [0.717, 1.165) is 18.7 Å². The third-order valence-corrected chi connectivity index (χ3v) is 3.16. The van der Waals surface area contributed by atoms with Gasteiger partial charge in [-0.25, -0.2) is 0 Å². The van der Waals surface area contributed by atoms with Gasteiger partial charge in [-0.15, -0.1) is 0 Å². The van der Waals surface area contributed by atoms with Crippen molar-refractivity contribution >= 4 is 5.91 Å². The number of ether oxygens (including phenoxy) is 1. The average molecular weight is 302 g/mol. The second kappa shape index (κ2) is 6.91. The highest BCUT2D eigenvalue weighted by Crippen LogP contribution is 2.29. The molecule has 21 heavy (non-hydrogen) atoms. The Morgan fingerprint density at radius 1 is 1.43 bits per heavy atom. The molecule has 0 aromatic heterocycles. The fourth-order valence-electron chi connectivity index (χ4n) is 2.09. The highest BCUT2D eigenvalue weighted by Gasteiger charge is 2.30. The monoisotopic (exact) mass is 302 g/mol. The Morgan fingerprint density at radius 3 is 2.90 bits per heavy atom. The van der Waals surface area contributed by atoms with Crippen LogP contribution in [0.3, 0.4) is 0 Å². The first-order valence-electron chi connectivity index (χ1n) is 6.70. The van der Waals surface area contributed by atoms with Gasteiger partial charge >= 0.3 is 6.18 Å². The Kier molecular flexibility index (Phi) is 5.19. The molecule has 1 amide bonds. The highest BCUT2D eigenvalue weighted by atomic mass is 19.4. The molecule has 0 spiro atoms. The fourth-order valence-corrected chi connectivity index (χ4v) is 2.09. The van der Waals surface area contributed by atoms with Crippen molar-refractivity contribution in [2.45, 2.75) is 25.2 Å². The summed E-state index contributed by atoms with van der Waals surface area (Å²) in [7, 11) is 0. The molecule has 7 heteroatoms. The van der Waals surface area contributed by atoms with E-state index in [1.165, 1.54) is 6.07 Å². The lowest BCUT2D eigenvalue weighted by atomic mass is 10.1. The van der Waals surface area contributed by atoms with Crippen LogP contribution in [0.1, 0.15) is 17.5 Å². The lowest BCUT2D eigenvalue weighted by Crippen LogP contribution is -2.41. The van der Waals surface area contributed by atoms with E-state index < -0.39 is 11.7 Å². The Hall–Kier alpha value is -1.60. The summed E-state index contributed by atoms with van der Waals surface area (Å²) < 4.78 is 43.1. The quantitative estimate of drug-likeness (QED) is 0.890. The minimum Gasteiger partial charge on any atom is -0.375 e. The van der Waals surface area contributed by atoms with E-state index in [2.05, 4.69) is 10.6 Å². The van der Waals surface area contributed by atoms with Crippen molar-refractivity contribution < 1.29 is 22.7 Å². The maximum Gasteiger partial charge on any atom is 0.416 e. The van der Waals surface area contributed by atoms with Crippen LogP contribution >= 0.6 is 0 Å². The van der Waals surface area contributed by atoms with E-state index in [0.29, 0.717) is 18.7 Å². The zero-order valence-corrected chi connectivity index (χ0v) is 11.4. The van der Waals surface area contributed by atoms with E-state index in [1.54, 1.807) is 6.07 Å². The van der Waals surface area contributed by atoms with Crippen LogP contribution in [0.15, 0.2) is 24.3 Å². The smallest absolute Gasteiger partial charge is 0.375 e. The molecule has 0 aliphatic carbocycles. The Balaban J connectivity index is 1.83. The van der Waals surface area contributed by atoms with Crippen LogP contribution < -0.4 is 10.6 Å². The fraction of sp³-hybridized carbons (Fsp3) is 0.500. The number of benzene rings is 1. The molecule has 0 radical (unpaired) electrons. The lowest BCUT2D eigenvalue weighted by Gasteiger charge is -2.23. The first-order chi connectivity index (χ1) is 9.95. The number of carbonyl (C=O) groups is 1. The average Bonchev–Trinajstić information content (AvgIpc) is 2.46. The van der Waals surface area contributed by atoms with Crippen molar-refractivity contribution in [1.29, 1.82) is 0 Å². The minimum absolute atomic E-state index is 0.0723. The topological polar surface area (TPSA) is 50.4 Å². The van der Waals surface area contributed by atoms with Crippen LogP contribution in [-0.4, -0.2) is 31.7 Å². The van der Waals surface area contributed by atoms with Gasteiger partial charge in [-0.05, 0) is 17.7 Å². The molecule has 116 valence electrons. The third kappa shape index (κ3) is 5.02. The molecule has 1 unspecified atom stereocenters. The lowest BCUT2D eigenvalue weighted by molar-refractivity contribution is -0.137. The second-order valence-electron chi connectivity index (χ2n) is 4.88. The van der Waals surface area contributed by atoms with E-state index >= 15 is 0 Å². The number of alkyl halides is 3. The van der Waals surface area contributed by atoms with Gasteiger partial charge in [0.15, 0.2) is 0 Å². The normalized spacial score (nSPS) is 19.3. The van der Waals surface area contributed by atoms with E-state index in [4.69, 9.17) is 4.74 Å². The number of amides is 1. The van der Waals surface area contributed by atoms with Gasteiger partial charge in [0.05, 0.1) is 24.7 Å². The summed E-state index contributed by atoms with van der Waals surface area (Å²) in [6.07, 6.45) is -4.35. The molecule has 1 aliphatic heterocycles. The van der Waals surface area contributed by atoms with Crippen molar-refractivity contribution in [3.8, 4) is 0 Å². The zero-order chi connectivity index (χ0) is 15.3. The van der Waals surface area contributed by atoms with Gasteiger partial charge in [-0.2, -0.15) is 13.2 Å². The van der Waals surface area contributed by atoms with Gasteiger partial charge in [0.1, 0.15) is 0 Å². The van der Waals surface area contributed by atoms with Crippen molar-refractivity contribution in [3.05, 3.63) is 35.4 Å². The Labute approximate surface area is 120 Å². The summed E-state index contributed by atoms with van der Waals surface area (Å²) in [4.78, 5) is 11.7. The van der Waals surface area contributed by atoms with Crippen LogP contribution in [0.2, 0.25) is 0 Å².